The van der Waals surface area contributed by atoms with Crippen molar-refractivity contribution in [2.75, 3.05) is 12.4 Å². The largest absolute Gasteiger partial charge is 0.469 e. The van der Waals surface area contributed by atoms with Crippen LogP contribution in [-0.2, 0) is 20.7 Å². The molecule has 0 fully saturated rings. The summed E-state index contributed by atoms with van der Waals surface area (Å²) in [4.78, 5) is 27.2. The molecule has 2 aromatic heterocycles. The number of nitrogens with one attached hydrogen (secondary N) is 1. The maximum Gasteiger partial charge on any atom is 0.311 e. The third-order valence-electron chi connectivity index (χ3n) is 3.54. The van der Waals surface area contributed by atoms with Gasteiger partial charge in [0.2, 0.25) is 5.91 Å². The van der Waals surface area contributed by atoms with Gasteiger partial charge < -0.3 is 10.1 Å². The summed E-state index contributed by atoms with van der Waals surface area (Å²) in [5.41, 5.74) is 2.32. The SMILES string of the molecule is COC(=O)Cc1nc2ccccn2c1N=Nc1cccc(NC(C)=O)c1. The number of pyridine rings is 1. The van der Waals surface area contributed by atoms with Crippen LogP contribution in [0.4, 0.5) is 17.2 Å². The Morgan fingerprint density at radius 3 is 2.81 bits per heavy atom. The number of hydrogen-bond acceptors (Lipinski definition) is 6. The van der Waals surface area contributed by atoms with Crippen molar-refractivity contribution in [2.24, 2.45) is 10.2 Å². The van der Waals surface area contributed by atoms with Crippen LogP contribution in [0.3, 0.4) is 0 Å². The lowest BCUT2D eigenvalue weighted by molar-refractivity contribution is -0.139. The van der Waals surface area contributed by atoms with Crippen molar-refractivity contribution in [3.05, 3.63) is 54.4 Å². The third kappa shape index (κ3) is 3.92. The minimum Gasteiger partial charge on any atom is -0.469 e. The molecule has 0 radical (unpaired) electrons. The van der Waals surface area contributed by atoms with Gasteiger partial charge in [0.05, 0.1) is 24.9 Å². The standard InChI is InChI=1S/C18H17N5O3/c1-12(24)19-13-6-5-7-14(10-13)21-22-18-15(11-17(25)26-2)20-16-8-3-4-9-23(16)18/h3-10H,11H2,1-2H3,(H,19,24). The van der Waals surface area contributed by atoms with Crippen molar-refractivity contribution >= 4 is 34.7 Å². The van der Waals surface area contributed by atoms with E-state index in [1.54, 1.807) is 34.9 Å². The van der Waals surface area contributed by atoms with Gasteiger partial charge in [-0.1, -0.05) is 12.1 Å². The number of hydrogen-bond donors (Lipinski definition) is 1. The maximum absolute atomic E-state index is 11.6. The Hall–Kier alpha value is -3.55. The highest BCUT2D eigenvalue weighted by atomic mass is 16.5. The molecule has 0 bridgehead atoms. The fourth-order valence-corrected chi connectivity index (χ4v) is 2.42. The number of benzene rings is 1. The molecule has 1 aromatic carbocycles. The molecule has 8 nitrogen and oxygen atoms in total. The van der Waals surface area contributed by atoms with E-state index in [4.69, 9.17) is 4.74 Å². The van der Waals surface area contributed by atoms with Crippen molar-refractivity contribution in [3.63, 3.8) is 0 Å². The molecule has 0 spiro atoms. The quantitative estimate of drug-likeness (QED) is 0.562. The summed E-state index contributed by atoms with van der Waals surface area (Å²) in [6.07, 6.45) is 1.80. The second-order valence-electron chi connectivity index (χ2n) is 5.50. The Balaban J connectivity index is 1.96. The number of carbonyl (C=O) groups excluding carboxylic acids is 2. The molecule has 0 unspecified atom stereocenters. The number of esters is 1. The summed E-state index contributed by atoms with van der Waals surface area (Å²) >= 11 is 0. The smallest absolute Gasteiger partial charge is 0.311 e. The molecular formula is C18H17N5O3. The lowest BCUT2D eigenvalue weighted by atomic mass is 10.3. The Bertz CT molecular complexity index is 993. The second-order valence-corrected chi connectivity index (χ2v) is 5.50. The number of amides is 1. The van der Waals surface area contributed by atoms with Crippen molar-refractivity contribution in [3.8, 4) is 0 Å². The first-order valence-corrected chi connectivity index (χ1v) is 7.89. The van der Waals surface area contributed by atoms with Crippen LogP contribution in [0.5, 0.6) is 0 Å². The second kappa shape index (κ2) is 7.56. The van der Waals surface area contributed by atoms with E-state index in [1.165, 1.54) is 14.0 Å². The third-order valence-corrected chi connectivity index (χ3v) is 3.54. The number of fused-ring (bicyclic) bond motifs is 1. The number of methoxy groups -OCH3 is 1. The van der Waals surface area contributed by atoms with E-state index in [0.29, 0.717) is 28.5 Å². The van der Waals surface area contributed by atoms with Gasteiger partial charge in [-0.3, -0.25) is 14.0 Å². The summed E-state index contributed by atoms with van der Waals surface area (Å²) in [6.45, 7) is 1.44. The van der Waals surface area contributed by atoms with E-state index in [-0.39, 0.29) is 12.3 Å². The fraction of sp³-hybridized carbons (Fsp3) is 0.167. The van der Waals surface area contributed by atoms with E-state index in [9.17, 15) is 9.59 Å². The van der Waals surface area contributed by atoms with Crippen LogP contribution in [0.2, 0.25) is 0 Å². The zero-order valence-corrected chi connectivity index (χ0v) is 14.3. The molecule has 132 valence electrons. The molecule has 0 saturated carbocycles. The van der Waals surface area contributed by atoms with Crippen molar-refractivity contribution in [2.45, 2.75) is 13.3 Å². The number of anilines is 1. The zero-order chi connectivity index (χ0) is 18.5. The molecule has 1 amide bonds. The van der Waals surface area contributed by atoms with E-state index in [1.807, 2.05) is 18.2 Å². The maximum atomic E-state index is 11.6. The molecule has 0 saturated heterocycles. The molecule has 0 aliphatic carbocycles. The van der Waals surface area contributed by atoms with E-state index in [2.05, 4.69) is 20.5 Å². The predicted molar refractivity (Wildman–Crippen MR) is 95.8 cm³/mol. The molecule has 0 aliphatic rings. The number of aromatic nitrogens is 2. The van der Waals surface area contributed by atoms with Gasteiger partial charge in [-0.15, -0.1) is 10.2 Å². The average Bonchev–Trinajstić information content (AvgIpc) is 2.96. The number of rotatable bonds is 5. The topological polar surface area (TPSA) is 97.4 Å². The molecule has 1 N–H and O–H groups in total. The zero-order valence-electron chi connectivity index (χ0n) is 14.3. The van der Waals surface area contributed by atoms with Gasteiger partial charge in [0.15, 0.2) is 5.82 Å². The first-order valence-electron chi connectivity index (χ1n) is 7.89. The summed E-state index contributed by atoms with van der Waals surface area (Å²) in [7, 11) is 1.33. The van der Waals surface area contributed by atoms with Gasteiger partial charge in [0.1, 0.15) is 5.65 Å². The molecule has 8 heteroatoms. The van der Waals surface area contributed by atoms with Crippen LogP contribution < -0.4 is 5.32 Å². The summed E-state index contributed by atoms with van der Waals surface area (Å²) in [6, 6.07) is 12.5. The minimum atomic E-state index is -0.405. The van der Waals surface area contributed by atoms with Gasteiger partial charge >= 0.3 is 5.97 Å². The van der Waals surface area contributed by atoms with Crippen molar-refractivity contribution in [1.82, 2.24) is 9.38 Å². The normalized spacial score (nSPS) is 11.0. The lowest BCUT2D eigenvalue weighted by Gasteiger charge is -2.02. The number of azo groups is 1. The van der Waals surface area contributed by atoms with Gasteiger partial charge in [0.25, 0.3) is 0 Å². The fourth-order valence-electron chi connectivity index (χ4n) is 2.42. The number of ether oxygens (including phenoxy) is 1. The summed E-state index contributed by atoms with van der Waals surface area (Å²) in [5, 5.41) is 11.2. The van der Waals surface area contributed by atoms with Crippen molar-refractivity contribution in [1.29, 1.82) is 0 Å². The molecule has 26 heavy (non-hydrogen) atoms. The van der Waals surface area contributed by atoms with Crippen molar-refractivity contribution < 1.29 is 14.3 Å². The molecule has 0 atom stereocenters. The van der Waals surface area contributed by atoms with E-state index >= 15 is 0 Å². The molecule has 3 rings (SSSR count). The highest BCUT2D eigenvalue weighted by Gasteiger charge is 2.15. The van der Waals surface area contributed by atoms with Crippen LogP contribution in [-0.4, -0.2) is 28.4 Å². The Morgan fingerprint density at radius 2 is 2.04 bits per heavy atom. The lowest BCUT2D eigenvalue weighted by Crippen LogP contribution is -2.05. The van der Waals surface area contributed by atoms with Crippen LogP contribution >= 0.6 is 0 Å². The Kier molecular flexibility index (Phi) is 5.02. The molecule has 0 aliphatic heterocycles. The molecule has 3 aromatic rings. The predicted octanol–water partition coefficient (Wildman–Crippen LogP) is 3.42. The van der Waals surface area contributed by atoms with E-state index in [0.717, 1.165) is 0 Å². The number of carbonyl (C=O) groups is 2. The first kappa shape index (κ1) is 17.3. The van der Waals surface area contributed by atoms with E-state index < -0.39 is 5.97 Å². The van der Waals surface area contributed by atoms with Gasteiger partial charge in [-0.05, 0) is 30.3 Å². The number of imidazole rings is 1. The highest BCUT2D eigenvalue weighted by molar-refractivity contribution is 5.89. The molecule has 2 heterocycles. The number of nitrogens with zero attached hydrogens (tertiary/aromatic N) is 4. The summed E-state index contributed by atoms with van der Waals surface area (Å²) < 4.78 is 6.47. The minimum absolute atomic E-state index is 0.00152. The highest BCUT2D eigenvalue weighted by Crippen LogP contribution is 2.26. The Labute approximate surface area is 149 Å². The Morgan fingerprint density at radius 1 is 1.19 bits per heavy atom. The monoisotopic (exact) mass is 351 g/mol. The average molecular weight is 351 g/mol. The summed E-state index contributed by atoms with van der Waals surface area (Å²) in [5.74, 6) is -0.116. The van der Waals surface area contributed by atoms with Crippen LogP contribution in [0, 0.1) is 0 Å². The van der Waals surface area contributed by atoms with Crippen LogP contribution in [0.25, 0.3) is 5.65 Å². The van der Waals surface area contributed by atoms with Gasteiger partial charge in [-0.25, -0.2) is 4.98 Å². The first-order chi connectivity index (χ1) is 12.6. The van der Waals surface area contributed by atoms with Crippen LogP contribution in [0.15, 0.2) is 58.9 Å². The van der Waals surface area contributed by atoms with Gasteiger partial charge in [-0.2, -0.15) is 0 Å². The molecular weight excluding hydrogens is 334 g/mol. The van der Waals surface area contributed by atoms with Gasteiger partial charge in [0, 0.05) is 18.8 Å². The van der Waals surface area contributed by atoms with Crippen LogP contribution in [0.1, 0.15) is 12.6 Å².